The van der Waals surface area contributed by atoms with Crippen molar-refractivity contribution in [1.82, 2.24) is 0 Å². The lowest BCUT2D eigenvalue weighted by Gasteiger charge is -2.19. The van der Waals surface area contributed by atoms with Crippen molar-refractivity contribution in [3.8, 4) is 6.07 Å². The van der Waals surface area contributed by atoms with Crippen LogP contribution in [0.25, 0.3) is 6.08 Å². The van der Waals surface area contributed by atoms with Gasteiger partial charge in [-0.05, 0) is 23.3 Å². The first-order valence-electron chi connectivity index (χ1n) is 5.62. The van der Waals surface area contributed by atoms with Gasteiger partial charge in [0.2, 0.25) is 0 Å². The van der Waals surface area contributed by atoms with E-state index in [0.29, 0.717) is 11.1 Å². The van der Waals surface area contributed by atoms with Gasteiger partial charge in [-0.2, -0.15) is 5.26 Å². The zero-order chi connectivity index (χ0) is 13.0. The molecule has 3 heteroatoms. The minimum Gasteiger partial charge on any atom is -0.362 e. The number of allylic oxidation sites excluding steroid dienone is 3. The van der Waals surface area contributed by atoms with Gasteiger partial charge in [0.05, 0.1) is 11.6 Å². The molecule has 2 rings (SSSR count). The molecule has 0 spiro atoms. The smallest absolute Gasteiger partial charge is 0.186 e. The highest BCUT2D eigenvalue weighted by Crippen LogP contribution is 2.24. The molecule has 0 heterocycles. The highest BCUT2D eigenvalue weighted by atomic mass is 16.5. The fourth-order valence-corrected chi connectivity index (χ4v) is 1.72. The summed E-state index contributed by atoms with van der Waals surface area (Å²) >= 11 is 0. The Bertz CT molecular complexity index is 560. The van der Waals surface area contributed by atoms with Crippen molar-refractivity contribution in [3.63, 3.8) is 0 Å². The maximum Gasteiger partial charge on any atom is 0.186 e. The zero-order valence-corrected chi connectivity index (χ0v) is 9.74. The van der Waals surface area contributed by atoms with E-state index in [1.54, 1.807) is 18.2 Å². The molecule has 0 aliphatic heterocycles. The number of hydrogen-bond acceptors (Lipinski definition) is 3. The molecule has 1 aromatic rings. The molecule has 0 saturated heterocycles. The first kappa shape index (κ1) is 12.3. The Balaban J connectivity index is 2.27. The van der Waals surface area contributed by atoms with E-state index in [0.717, 1.165) is 5.56 Å². The summed E-state index contributed by atoms with van der Waals surface area (Å²) in [7, 11) is 0. The third-order valence-electron chi connectivity index (χ3n) is 2.69. The largest absolute Gasteiger partial charge is 0.362 e. The highest BCUT2D eigenvalue weighted by molar-refractivity contribution is 5.66. The quantitative estimate of drug-likeness (QED) is 0.614. The Kier molecular flexibility index (Phi) is 3.42. The SMILES string of the molecule is N#CC(=Cc1ccccc1)C1=CCC(O)(O)C=C1. The van der Waals surface area contributed by atoms with Gasteiger partial charge in [-0.25, -0.2) is 0 Å². The second kappa shape index (κ2) is 5.01. The van der Waals surface area contributed by atoms with Gasteiger partial charge in [-0.1, -0.05) is 42.5 Å². The molecule has 3 nitrogen and oxygen atoms in total. The number of nitrogens with zero attached hydrogens (tertiary/aromatic N) is 1. The van der Waals surface area contributed by atoms with Crippen molar-refractivity contribution in [2.45, 2.75) is 12.2 Å². The second-order valence-corrected chi connectivity index (χ2v) is 4.16. The van der Waals surface area contributed by atoms with E-state index in [2.05, 4.69) is 6.07 Å². The molecule has 1 aliphatic carbocycles. The topological polar surface area (TPSA) is 64.2 Å². The minimum absolute atomic E-state index is 0.0899. The molecule has 1 aliphatic rings. The van der Waals surface area contributed by atoms with Crippen molar-refractivity contribution >= 4 is 6.08 Å². The molecule has 0 unspecified atom stereocenters. The van der Waals surface area contributed by atoms with Crippen LogP contribution in [-0.2, 0) is 0 Å². The fraction of sp³-hybridized carbons (Fsp3) is 0.133. The molecule has 0 radical (unpaired) electrons. The summed E-state index contributed by atoms with van der Waals surface area (Å²) < 4.78 is 0. The molecule has 0 atom stereocenters. The van der Waals surface area contributed by atoms with Gasteiger partial charge in [0, 0.05) is 6.42 Å². The first-order chi connectivity index (χ1) is 8.61. The van der Waals surface area contributed by atoms with Gasteiger partial charge < -0.3 is 10.2 Å². The van der Waals surface area contributed by atoms with Crippen molar-refractivity contribution in [2.75, 3.05) is 0 Å². The average Bonchev–Trinajstić information content (AvgIpc) is 2.38. The van der Waals surface area contributed by atoms with Crippen LogP contribution in [0.4, 0.5) is 0 Å². The number of rotatable bonds is 2. The third kappa shape index (κ3) is 2.95. The van der Waals surface area contributed by atoms with E-state index in [1.165, 1.54) is 6.08 Å². The van der Waals surface area contributed by atoms with E-state index in [1.807, 2.05) is 30.3 Å². The van der Waals surface area contributed by atoms with Crippen LogP contribution < -0.4 is 0 Å². The Hall–Kier alpha value is -2.15. The number of nitriles is 1. The highest BCUT2D eigenvalue weighted by Gasteiger charge is 2.21. The number of benzene rings is 1. The maximum absolute atomic E-state index is 9.36. The molecule has 90 valence electrons. The molecular weight excluding hydrogens is 226 g/mol. The normalized spacial score (nSPS) is 18.1. The molecule has 18 heavy (non-hydrogen) atoms. The second-order valence-electron chi connectivity index (χ2n) is 4.16. The molecule has 0 aromatic heterocycles. The molecule has 0 amide bonds. The van der Waals surface area contributed by atoms with Crippen LogP contribution in [0.1, 0.15) is 12.0 Å². The van der Waals surface area contributed by atoms with Crippen LogP contribution >= 0.6 is 0 Å². The summed E-state index contributed by atoms with van der Waals surface area (Å²) in [6.45, 7) is 0. The lowest BCUT2D eigenvalue weighted by molar-refractivity contribution is -0.115. The van der Waals surface area contributed by atoms with Crippen LogP contribution in [0.2, 0.25) is 0 Å². The molecule has 2 N–H and O–H groups in total. The average molecular weight is 239 g/mol. The summed E-state index contributed by atoms with van der Waals surface area (Å²) in [4.78, 5) is 0. The third-order valence-corrected chi connectivity index (χ3v) is 2.69. The monoisotopic (exact) mass is 239 g/mol. The van der Waals surface area contributed by atoms with Crippen LogP contribution in [0.5, 0.6) is 0 Å². The molecule has 1 aromatic carbocycles. The Morgan fingerprint density at radius 2 is 2.00 bits per heavy atom. The predicted octanol–water partition coefficient (Wildman–Crippen LogP) is 2.16. The first-order valence-corrected chi connectivity index (χ1v) is 5.62. The molecule has 0 bridgehead atoms. The zero-order valence-electron chi connectivity index (χ0n) is 9.74. The van der Waals surface area contributed by atoms with Gasteiger partial charge in [-0.15, -0.1) is 0 Å². The lowest BCUT2D eigenvalue weighted by atomic mass is 9.96. The summed E-state index contributed by atoms with van der Waals surface area (Å²) in [5, 5.41) is 27.9. The summed E-state index contributed by atoms with van der Waals surface area (Å²) in [6, 6.07) is 11.7. The van der Waals surface area contributed by atoms with Gasteiger partial charge in [0.1, 0.15) is 0 Å². The van der Waals surface area contributed by atoms with Gasteiger partial charge in [-0.3, -0.25) is 0 Å². The maximum atomic E-state index is 9.36. The van der Waals surface area contributed by atoms with Crippen molar-refractivity contribution in [3.05, 3.63) is 65.3 Å². The number of aliphatic hydroxyl groups is 2. The van der Waals surface area contributed by atoms with Gasteiger partial charge >= 0.3 is 0 Å². The predicted molar refractivity (Wildman–Crippen MR) is 69.0 cm³/mol. The van der Waals surface area contributed by atoms with Crippen molar-refractivity contribution in [2.24, 2.45) is 0 Å². The van der Waals surface area contributed by atoms with Gasteiger partial charge in [0.25, 0.3) is 0 Å². The molecule has 0 fully saturated rings. The molecular formula is C15H13NO2. The standard InChI is InChI=1S/C15H13NO2/c16-11-14(10-12-4-2-1-3-5-12)13-6-8-15(17,18)9-7-13/h1-8,10,17-18H,9H2. The van der Waals surface area contributed by atoms with Crippen LogP contribution in [0, 0.1) is 11.3 Å². The molecule has 0 saturated carbocycles. The van der Waals surface area contributed by atoms with E-state index >= 15 is 0 Å². The van der Waals surface area contributed by atoms with E-state index in [4.69, 9.17) is 5.26 Å². The number of hydrogen-bond donors (Lipinski definition) is 2. The van der Waals surface area contributed by atoms with Crippen LogP contribution in [-0.4, -0.2) is 16.0 Å². The minimum atomic E-state index is -1.79. The van der Waals surface area contributed by atoms with E-state index in [9.17, 15) is 10.2 Å². The van der Waals surface area contributed by atoms with Crippen LogP contribution in [0.15, 0.2) is 59.7 Å². The summed E-state index contributed by atoms with van der Waals surface area (Å²) in [5.74, 6) is -1.79. The Morgan fingerprint density at radius 3 is 2.56 bits per heavy atom. The summed E-state index contributed by atoms with van der Waals surface area (Å²) in [6.07, 6.45) is 6.36. The fourth-order valence-electron chi connectivity index (χ4n) is 1.72. The summed E-state index contributed by atoms with van der Waals surface area (Å²) in [5.41, 5.74) is 2.15. The lowest BCUT2D eigenvalue weighted by Crippen LogP contribution is -2.25. The Labute approximate surface area is 106 Å². The van der Waals surface area contributed by atoms with E-state index < -0.39 is 5.79 Å². The van der Waals surface area contributed by atoms with Crippen molar-refractivity contribution in [1.29, 1.82) is 5.26 Å². The van der Waals surface area contributed by atoms with E-state index in [-0.39, 0.29) is 6.42 Å². The Morgan fingerprint density at radius 1 is 1.28 bits per heavy atom. The van der Waals surface area contributed by atoms with Crippen LogP contribution in [0.3, 0.4) is 0 Å². The van der Waals surface area contributed by atoms with Crippen molar-refractivity contribution < 1.29 is 10.2 Å². The van der Waals surface area contributed by atoms with Gasteiger partial charge in [0.15, 0.2) is 5.79 Å².